The van der Waals surface area contributed by atoms with Crippen LogP contribution in [0.5, 0.6) is 0 Å². The van der Waals surface area contributed by atoms with E-state index in [1.807, 2.05) is 0 Å². The summed E-state index contributed by atoms with van der Waals surface area (Å²) in [6, 6.07) is 0.728. The van der Waals surface area contributed by atoms with Crippen LogP contribution in [0.25, 0.3) is 0 Å². The second kappa shape index (κ2) is 6.98. The van der Waals surface area contributed by atoms with E-state index in [1.165, 1.54) is 32.1 Å². The van der Waals surface area contributed by atoms with Gasteiger partial charge in [-0.25, -0.2) is 4.31 Å². The molecule has 0 amide bonds. The van der Waals surface area contributed by atoms with Crippen molar-refractivity contribution >= 4 is 22.6 Å². The lowest BCUT2D eigenvalue weighted by Crippen LogP contribution is -2.32. The summed E-state index contributed by atoms with van der Waals surface area (Å²) >= 11 is 4.29. The Morgan fingerprint density at radius 3 is 2.62 bits per heavy atom. The Kier molecular flexibility index (Phi) is 6.28. The first kappa shape index (κ1) is 11.7. The highest BCUT2D eigenvalue weighted by atomic mass is 33.1. The number of thiol groups is 1. The smallest absolute Gasteiger partial charge is 0.0599 e. The molecule has 0 saturated heterocycles. The molecule has 78 valence electrons. The maximum Gasteiger partial charge on any atom is 0.0599 e. The summed E-state index contributed by atoms with van der Waals surface area (Å²) in [6.07, 6.45) is 6.82. The molecule has 1 rings (SSSR count). The Bertz CT molecular complexity index is 129. The van der Waals surface area contributed by atoms with Crippen molar-refractivity contribution < 1.29 is 4.74 Å². The minimum atomic E-state index is 0.728. The van der Waals surface area contributed by atoms with Crippen molar-refractivity contribution in [3.8, 4) is 0 Å². The molecule has 2 nitrogen and oxygen atoms in total. The molecule has 0 unspecified atom stereocenters. The molecule has 0 aromatic rings. The predicted molar refractivity (Wildman–Crippen MR) is 62.0 cm³/mol. The number of hydrogen-bond donors (Lipinski definition) is 1. The number of ether oxygens (including phenoxy) is 1. The molecule has 0 atom stereocenters. The van der Waals surface area contributed by atoms with Crippen molar-refractivity contribution in [2.75, 3.05) is 20.3 Å². The van der Waals surface area contributed by atoms with Gasteiger partial charge in [-0.15, -0.1) is 0 Å². The van der Waals surface area contributed by atoms with Crippen molar-refractivity contribution in [1.82, 2.24) is 4.31 Å². The molecule has 0 aromatic heterocycles. The van der Waals surface area contributed by atoms with Gasteiger partial charge in [-0.3, -0.25) is 0 Å². The summed E-state index contributed by atoms with van der Waals surface area (Å²) in [5.74, 6) is 0. The van der Waals surface area contributed by atoms with Gasteiger partial charge < -0.3 is 4.74 Å². The zero-order valence-electron chi connectivity index (χ0n) is 8.24. The highest BCUT2D eigenvalue weighted by molar-refractivity contribution is 8.67. The third-order valence-corrected chi connectivity index (χ3v) is 3.92. The normalized spacial score (nSPS) is 19.6. The van der Waals surface area contributed by atoms with E-state index in [2.05, 4.69) is 16.0 Å². The summed E-state index contributed by atoms with van der Waals surface area (Å²) < 4.78 is 7.43. The average molecular weight is 221 g/mol. The minimum absolute atomic E-state index is 0.728. The molecule has 1 aliphatic rings. The SMILES string of the molecule is COCCN(SS)C1CCCCC1. The highest BCUT2D eigenvalue weighted by Crippen LogP contribution is 2.28. The summed E-state index contributed by atoms with van der Waals surface area (Å²) in [5, 5.41) is 0. The second-order valence-corrected chi connectivity index (χ2v) is 4.63. The molecule has 1 aliphatic carbocycles. The van der Waals surface area contributed by atoms with E-state index in [0.717, 1.165) is 19.2 Å². The standard InChI is InChI=1S/C9H19NOS2/c1-11-8-7-10(13-12)9-5-3-2-4-6-9/h9,12H,2-8H2,1H3. The zero-order valence-corrected chi connectivity index (χ0v) is 9.95. The summed E-state index contributed by atoms with van der Waals surface area (Å²) in [7, 11) is 3.32. The van der Waals surface area contributed by atoms with Gasteiger partial charge in [0.25, 0.3) is 0 Å². The average Bonchev–Trinajstić information content (AvgIpc) is 2.21. The zero-order chi connectivity index (χ0) is 9.52. The fourth-order valence-electron chi connectivity index (χ4n) is 1.84. The van der Waals surface area contributed by atoms with Crippen LogP contribution in [0.15, 0.2) is 0 Å². The molecular formula is C9H19NOS2. The van der Waals surface area contributed by atoms with E-state index in [1.54, 1.807) is 18.1 Å². The van der Waals surface area contributed by atoms with Crippen LogP contribution >= 0.6 is 22.6 Å². The molecular weight excluding hydrogens is 202 g/mol. The van der Waals surface area contributed by atoms with Gasteiger partial charge in [-0.2, -0.15) is 0 Å². The van der Waals surface area contributed by atoms with E-state index < -0.39 is 0 Å². The van der Waals surface area contributed by atoms with Crippen LogP contribution in [0.3, 0.4) is 0 Å². The molecule has 0 radical (unpaired) electrons. The molecule has 1 saturated carbocycles. The molecule has 0 N–H and O–H groups in total. The van der Waals surface area contributed by atoms with E-state index >= 15 is 0 Å². The van der Waals surface area contributed by atoms with E-state index in [9.17, 15) is 0 Å². The maximum absolute atomic E-state index is 5.08. The van der Waals surface area contributed by atoms with Gasteiger partial charge in [0.15, 0.2) is 0 Å². The van der Waals surface area contributed by atoms with Gasteiger partial charge in [0, 0.05) is 19.7 Å². The van der Waals surface area contributed by atoms with Gasteiger partial charge >= 0.3 is 0 Å². The van der Waals surface area contributed by atoms with E-state index in [-0.39, 0.29) is 0 Å². The fraction of sp³-hybridized carbons (Fsp3) is 1.00. The van der Waals surface area contributed by atoms with Crippen LogP contribution in [-0.2, 0) is 4.74 Å². The van der Waals surface area contributed by atoms with Crippen LogP contribution < -0.4 is 0 Å². The highest BCUT2D eigenvalue weighted by Gasteiger charge is 2.20. The molecule has 0 aliphatic heterocycles. The summed E-state index contributed by atoms with van der Waals surface area (Å²) in [4.78, 5) is 0. The third kappa shape index (κ3) is 4.11. The second-order valence-electron chi connectivity index (χ2n) is 3.51. The van der Waals surface area contributed by atoms with Gasteiger partial charge in [0.05, 0.1) is 6.61 Å². The minimum Gasteiger partial charge on any atom is -0.383 e. The number of rotatable bonds is 5. The number of nitrogens with zero attached hydrogens (tertiary/aromatic N) is 1. The number of methoxy groups -OCH3 is 1. The molecule has 13 heavy (non-hydrogen) atoms. The molecule has 0 bridgehead atoms. The van der Waals surface area contributed by atoms with Gasteiger partial charge in [-0.1, -0.05) is 30.9 Å². The fourth-order valence-corrected chi connectivity index (χ4v) is 2.99. The van der Waals surface area contributed by atoms with Crippen molar-refractivity contribution in [2.24, 2.45) is 0 Å². The van der Waals surface area contributed by atoms with Crippen LogP contribution in [0.2, 0.25) is 0 Å². The molecule has 4 heteroatoms. The lowest BCUT2D eigenvalue weighted by Gasteiger charge is -2.31. The van der Waals surface area contributed by atoms with Gasteiger partial charge in [0.2, 0.25) is 0 Å². The van der Waals surface area contributed by atoms with Crippen LogP contribution in [0, 0.1) is 0 Å². The largest absolute Gasteiger partial charge is 0.383 e. The first-order valence-electron chi connectivity index (χ1n) is 4.95. The monoisotopic (exact) mass is 221 g/mol. The molecule has 0 aromatic carbocycles. The van der Waals surface area contributed by atoms with Crippen LogP contribution in [0.1, 0.15) is 32.1 Å². The first-order chi connectivity index (χ1) is 6.38. The van der Waals surface area contributed by atoms with E-state index in [0.29, 0.717) is 0 Å². The molecule has 0 spiro atoms. The van der Waals surface area contributed by atoms with E-state index in [4.69, 9.17) is 4.74 Å². The Hall–Kier alpha value is 0.620. The maximum atomic E-state index is 5.08. The lowest BCUT2D eigenvalue weighted by atomic mass is 9.95. The third-order valence-electron chi connectivity index (χ3n) is 2.60. The Balaban J connectivity index is 2.26. The Morgan fingerprint density at radius 2 is 2.08 bits per heavy atom. The summed E-state index contributed by atoms with van der Waals surface area (Å²) in [6.45, 7) is 1.80. The van der Waals surface area contributed by atoms with Crippen molar-refractivity contribution in [3.63, 3.8) is 0 Å². The van der Waals surface area contributed by atoms with Gasteiger partial charge in [0.1, 0.15) is 0 Å². The Labute approximate surface area is 90.3 Å². The number of hydrogen-bond acceptors (Lipinski definition) is 4. The first-order valence-corrected chi connectivity index (χ1v) is 6.78. The van der Waals surface area contributed by atoms with Crippen molar-refractivity contribution in [2.45, 2.75) is 38.1 Å². The molecule has 0 heterocycles. The van der Waals surface area contributed by atoms with Gasteiger partial charge in [-0.05, 0) is 23.8 Å². The quantitative estimate of drug-likeness (QED) is 0.436. The van der Waals surface area contributed by atoms with Crippen molar-refractivity contribution in [1.29, 1.82) is 0 Å². The molecule has 1 fully saturated rings. The summed E-state index contributed by atoms with van der Waals surface area (Å²) in [5.41, 5.74) is 0. The predicted octanol–water partition coefficient (Wildman–Crippen LogP) is 2.76. The van der Waals surface area contributed by atoms with Crippen molar-refractivity contribution in [3.05, 3.63) is 0 Å². The Morgan fingerprint density at radius 1 is 1.38 bits per heavy atom. The lowest BCUT2D eigenvalue weighted by molar-refractivity contribution is 0.162. The van der Waals surface area contributed by atoms with Crippen LogP contribution in [0.4, 0.5) is 0 Å². The van der Waals surface area contributed by atoms with Crippen LogP contribution in [-0.4, -0.2) is 30.6 Å². The topological polar surface area (TPSA) is 12.5 Å².